The molecule has 1 heterocycles. The summed E-state index contributed by atoms with van der Waals surface area (Å²) in [6.45, 7) is 8.14. The molecule has 2 heteroatoms. The molecular formula is C9H15N2. The number of aromatic amines is 1. The van der Waals surface area contributed by atoms with Crippen LogP contribution in [0.15, 0.2) is 6.07 Å². The van der Waals surface area contributed by atoms with Crippen molar-refractivity contribution in [2.24, 2.45) is 0 Å². The Hall–Kier alpha value is -0.790. The molecule has 1 aromatic rings. The first-order valence-electron chi connectivity index (χ1n) is 4.11. The van der Waals surface area contributed by atoms with E-state index >= 15 is 0 Å². The average molecular weight is 151 g/mol. The molecule has 0 aromatic carbocycles. The first kappa shape index (κ1) is 8.31. The molecule has 1 N–H and O–H groups in total. The molecule has 0 aliphatic carbocycles. The van der Waals surface area contributed by atoms with Gasteiger partial charge in [-0.1, -0.05) is 13.8 Å². The Balaban J connectivity index is 2.71. The number of aromatic nitrogens is 2. The molecule has 0 saturated carbocycles. The van der Waals surface area contributed by atoms with Gasteiger partial charge < -0.3 is 0 Å². The zero-order valence-electron chi connectivity index (χ0n) is 7.22. The zero-order chi connectivity index (χ0) is 8.27. The minimum absolute atomic E-state index is 0.562. The third-order valence-corrected chi connectivity index (χ3v) is 2.04. The van der Waals surface area contributed by atoms with Crippen LogP contribution in [0.2, 0.25) is 0 Å². The van der Waals surface area contributed by atoms with Crippen LogP contribution >= 0.6 is 0 Å². The highest BCUT2D eigenvalue weighted by Gasteiger charge is 2.05. The van der Waals surface area contributed by atoms with Gasteiger partial charge in [-0.2, -0.15) is 5.10 Å². The summed E-state index contributed by atoms with van der Waals surface area (Å²) in [5.41, 5.74) is 2.28. The zero-order valence-corrected chi connectivity index (χ0v) is 7.22. The Labute approximate surface area is 68.0 Å². The summed E-state index contributed by atoms with van der Waals surface area (Å²) in [5.74, 6) is 0.562. The topological polar surface area (TPSA) is 28.7 Å². The monoisotopic (exact) mass is 151 g/mol. The van der Waals surface area contributed by atoms with E-state index in [0.717, 1.165) is 24.2 Å². The molecular weight excluding hydrogens is 136 g/mol. The van der Waals surface area contributed by atoms with Gasteiger partial charge in [0.15, 0.2) is 0 Å². The van der Waals surface area contributed by atoms with Crippen molar-refractivity contribution in [3.8, 4) is 0 Å². The van der Waals surface area contributed by atoms with Crippen molar-refractivity contribution in [3.63, 3.8) is 0 Å². The van der Waals surface area contributed by atoms with Crippen molar-refractivity contribution in [1.29, 1.82) is 0 Å². The van der Waals surface area contributed by atoms with Crippen LogP contribution in [-0.4, -0.2) is 10.2 Å². The predicted octanol–water partition coefficient (Wildman–Crippen LogP) is 2.30. The van der Waals surface area contributed by atoms with Gasteiger partial charge in [0.05, 0.1) is 5.69 Å². The maximum Gasteiger partial charge on any atom is 0.0653 e. The van der Waals surface area contributed by atoms with Crippen LogP contribution in [0.25, 0.3) is 0 Å². The van der Waals surface area contributed by atoms with Gasteiger partial charge in [-0.15, -0.1) is 0 Å². The quantitative estimate of drug-likeness (QED) is 0.705. The Morgan fingerprint density at radius 2 is 2.45 bits per heavy atom. The molecule has 1 unspecified atom stereocenters. The van der Waals surface area contributed by atoms with Crippen LogP contribution in [0.1, 0.15) is 37.6 Å². The minimum atomic E-state index is 0.562. The molecule has 2 nitrogen and oxygen atoms in total. The number of H-pyrrole nitrogens is 1. The summed E-state index contributed by atoms with van der Waals surface area (Å²) in [6, 6.07) is 2.10. The first-order chi connectivity index (χ1) is 5.27. The molecule has 0 amide bonds. The van der Waals surface area contributed by atoms with Gasteiger partial charge >= 0.3 is 0 Å². The molecule has 1 atom stereocenters. The SMILES string of the molecule is [CH2]Cc1cc(C(C)CC)n[nH]1. The molecule has 1 rings (SSSR count). The predicted molar refractivity (Wildman–Crippen MR) is 46.4 cm³/mol. The Bertz CT molecular complexity index is 215. The lowest BCUT2D eigenvalue weighted by atomic mass is 10.1. The number of nitrogens with one attached hydrogen (secondary N) is 1. The van der Waals surface area contributed by atoms with Crippen LogP contribution in [0, 0.1) is 6.92 Å². The fraction of sp³-hybridized carbons (Fsp3) is 0.556. The van der Waals surface area contributed by atoms with Crippen molar-refractivity contribution in [3.05, 3.63) is 24.4 Å². The lowest BCUT2D eigenvalue weighted by Gasteiger charge is -2.01. The largest absolute Gasteiger partial charge is 0.282 e. The highest BCUT2D eigenvalue weighted by atomic mass is 15.1. The minimum Gasteiger partial charge on any atom is -0.282 e. The summed E-state index contributed by atoms with van der Waals surface area (Å²) >= 11 is 0. The molecule has 1 aromatic heterocycles. The van der Waals surface area contributed by atoms with Gasteiger partial charge in [-0.3, -0.25) is 5.10 Å². The highest BCUT2D eigenvalue weighted by molar-refractivity contribution is 5.12. The second-order valence-electron chi connectivity index (χ2n) is 2.88. The van der Waals surface area contributed by atoms with Crippen molar-refractivity contribution < 1.29 is 0 Å². The van der Waals surface area contributed by atoms with Gasteiger partial charge in [0, 0.05) is 5.69 Å². The molecule has 0 aliphatic heterocycles. The molecule has 0 aliphatic rings. The molecule has 1 radical (unpaired) electrons. The molecule has 61 valence electrons. The van der Waals surface area contributed by atoms with Crippen LogP contribution in [-0.2, 0) is 6.42 Å². The van der Waals surface area contributed by atoms with E-state index in [0.29, 0.717) is 5.92 Å². The van der Waals surface area contributed by atoms with Gasteiger partial charge in [-0.05, 0) is 31.7 Å². The number of rotatable bonds is 3. The summed E-state index contributed by atoms with van der Waals surface area (Å²) in [6.07, 6.45) is 1.94. The van der Waals surface area contributed by atoms with E-state index < -0.39 is 0 Å². The number of hydrogen-bond acceptors (Lipinski definition) is 1. The molecule has 0 spiro atoms. The van der Waals surface area contributed by atoms with E-state index in [1.165, 1.54) is 0 Å². The fourth-order valence-corrected chi connectivity index (χ4v) is 0.969. The normalized spacial score (nSPS) is 13.4. The summed E-state index contributed by atoms with van der Waals surface area (Å²) in [7, 11) is 0. The Kier molecular flexibility index (Phi) is 2.69. The standard InChI is InChI=1S/C9H15N2/c1-4-7(3)9-6-8(5-2)10-11-9/h6-7H,2,4-5H2,1,3H3,(H,10,11). The van der Waals surface area contributed by atoms with E-state index in [1.54, 1.807) is 0 Å². The van der Waals surface area contributed by atoms with Crippen molar-refractivity contribution in [2.45, 2.75) is 32.6 Å². The van der Waals surface area contributed by atoms with Crippen LogP contribution in [0.4, 0.5) is 0 Å². The second-order valence-corrected chi connectivity index (χ2v) is 2.88. The van der Waals surface area contributed by atoms with Gasteiger partial charge in [0.2, 0.25) is 0 Å². The second kappa shape index (κ2) is 3.56. The lowest BCUT2D eigenvalue weighted by molar-refractivity contribution is 0.703. The summed E-state index contributed by atoms with van der Waals surface area (Å²) in [5, 5.41) is 7.15. The summed E-state index contributed by atoms with van der Waals surface area (Å²) < 4.78 is 0. The first-order valence-corrected chi connectivity index (χ1v) is 4.11. The third-order valence-electron chi connectivity index (χ3n) is 2.04. The number of nitrogens with zero attached hydrogens (tertiary/aromatic N) is 1. The van der Waals surface area contributed by atoms with Crippen molar-refractivity contribution >= 4 is 0 Å². The number of hydrogen-bond donors (Lipinski definition) is 1. The van der Waals surface area contributed by atoms with Crippen molar-refractivity contribution in [2.75, 3.05) is 0 Å². The lowest BCUT2D eigenvalue weighted by Crippen LogP contribution is -1.90. The van der Waals surface area contributed by atoms with E-state index in [1.807, 2.05) is 0 Å². The third kappa shape index (κ3) is 1.82. The fourth-order valence-electron chi connectivity index (χ4n) is 0.969. The van der Waals surface area contributed by atoms with Crippen molar-refractivity contribution in [1.82, 2.24) is 10.2 Å². The average Bonchev–Trinajstić information content (AvgIpc) is 2.50. The van der Waals surface area contributed by atoms with Gasteiger partial charge in [-0.25, -0.2) is 0 Å². The highest BCUT2D eigenvalue weighted by Crippen LogP contribution is 2.16. The van der Waals surface area contributed by atoms with Gasteiger partial charge in [0.1, 0.15) is 0 Å². The Morgan fingerprint density at radius 1 is 1.73 bits per heavy atom. The van der Waals surface area contributed by atoms with E-state index in [2.05, 4.69) is 37.0 Å². The summed E-state index contributed by atoms with van der Waals surface area (Å²) in [4.78, 5) is 0. The van der Waals surface area contributed by atoms with Gasteiger partial charge in [0.25, 0.3) is 0 Å². The smallest absolute Gasteiger partial charge is 0.0653 e. The molecule has 11 heavy (non-hydrogen) atoms. The van der Waals surface area contributed by atoms with Crippen LogP contribution in [0.5, 0.6) is 0 Å². The molecule has 0 saturated heterocycles. The molecule has 0 fully saturated rings. The molecule has 0 bridgehead atoms. The van der Waals surface area contributed by atoms with E-state index in [-0.39, 0.29) is 0 Å². The van der Waals surface area contributed by atoms with E-state index in [4.69, 9.17) is 0 Å². The van der Waals surface area contributed by atoms with Crippen LogP contribution in [0.3, 0.4) is 0 Å². The maximum absolute atomic E-state index is 4.19. The van der Waals surface area contributed by atoms with E-state index in [9.17, 15) is 0 Å². The van der Waals surface area contributed by atoms with Crippen LogP contribution < -0.4 is 0 Å². The maximum atomic E-state index is 4.19. The Morgan fingerprint density at radius 3 is 2.91 bits per heavy atom.